The summed E-state index contributed by atoms with van der Waals surface area (Å²) in [5.74, 6) is -0.744. The lowest BCUT2D eigenvalue weighted by Crippen LogP contribution is -2.63. The van der Waals surface area contributed by atoms with Gasteiger partial charge >= 0.3 is 0 Å². The van der Waals surface area contributed by atoms with E-state index in [-0.39, 0.29) is 17.7 Å². The summed E-state index contributed by atoms with van der Waals surface area (Å²) in [4.78, 5) is 42.6. The lowest BCUT2D eigenvalue weighted by Gasteiger charge is -2.53. The van der Waals surface area contributed by atoms with Crippen molar-refractivity contribution in [1.29, 1.82) is 0 Å². The Morgan fingerprint density at radius 3 is 2.30 bits per heavy atom. The van der Waals surface area contributed by atoms with Crippen molar-refractivity contribution in [3.05, 3.63) is 36.5 Å². The van der Waals surface area contributed by atoms with Gasteiger partial charge in [0.1, 0.15) is 0 Å². The number of anilines is 1. The van der Waals surface area contributed by atoms with E-state index in [9.17, 15) is 14.4 Å². The van der Waals surface area contributed by atoms with Gasteiger partial charge in [-0.05, 0) is 31.4 Å². The molecule has 4 rings (SSSR count). The second-order valence-electron chi connectivity index (χ2n) is 8.83. The first-order valence-corrected chi connectivity index (χ1v) is 9.16. The number of nitrogens with zero attached hydrogens (tertiary/aromatic N) is 1. The number of para-hydroxylation sites is 1. The van der Waals surface area contributed by atoms with E-state index >= 15 is 0 Å². The predicted octanol–water partition coefficient (Wildman–Crippen LogP) is 3.03. The molecule has 3 atom stereocenters. The highest BCUT2D eigenvalue weighted by atomic mass is 16.2. The van der Waals surface area contributed by atoms with Gasteiger partial charge in [-0.15, -0.1) is 0 Å². The number of aromatic nitrogens is 1. The average Bonchev–Trinajstić information content (AvgIpc) is 2.60. The summed E-state index contributed by atoms with van der Waals surface area (Å²) >= 11 is 0. The van der Waals surface area contributed by atoms with Crippen LogP contribution in [0.3, 0.4) is 0 Å². The molecule has 2 bridgehead atoms. The van der Waals surface area contributed by atoms with E-state index in [1.807, 2.05) is 51.1 Å². The fourth-order valence-corrected chi connectivity index (χ4v) is 5.14. The number of hydrogen-bond acceptors (Lipinski definition) is 4. The molecule has 0 radical (unpaired) electrons. The number of carbonyl (C=O) groups excluding carboxylic acids is 3. The van der Waals surface area contributed by atoms with Crippen LogP contribution in [0.1, 0.15) is 40.0 Å². The average molecular weight is 365 g/mol. The quantitative estimate of drug-likeness (QED) is 0.801. The Kier molecular flexibility index (Phi) is 3.67. The number of hydrogen-bond donors (Lipinski definition) is 2. The molecule has 3 amide bonds. The molecule has 0 spiro atoms. The highest BCUT2D eigenvalue weighted by Crippen LogP contribution is 2.56. The Morgan fingerprint density at radius 1 is 1.00 bits per heavy atom. The van der Waals surface area contributed by atoms with Gasteiger partial charge in [0.15, 0.2) is 0 Å². The van der Waals surface area contributed by atoms with E-state index < -0.39 is 16.2 Å². The molecule has 140 valence electrons. The first kappa shape index (κ1) is 17.6. The van der Waals surface area contributed by atoms with Crippen LogP contribution in [-0.4, -0.2) is 22.7 Å². The van der Waals surface area contributed by atoms with E-state index in [1.54, 1.807) is 6.20 Å². The molecule has 1 aliphatic heterocycles. The number of benzene rings is 1. The predicted molar refractivity (Wildman–Crippen MR) is 102 cm³/mol. The van der Waals surface area contributed by atoms with Crippen LogP contribution in [0.15, 0.2) is 36.5 Å². The van der Waals surface area contributed by atoms with Gasteiger partial charge in [0, 0.05) is 27.8 Å². The van der Waals surface area contributed by atoms with E-state index in [2.05, 4.69) is 15.6 Å². The summed E-state index contributed by atoms with van der Waals surface area (Å²) in [6, 6.07) is 9.42. The van der Waals surface area contributed by atoms with Crippen LogP contribution in [0, 0.1) is 16.2 Å². The van der Waals surface area contributed by atoms with Gasteiger partial charge in [0.25, 0.3) is 0 Å². The molecule has 27 heavy (non-hydrogen) atoms. The Balaban J connectivity index is 1.68. The topological polar surface area (TPSA) is 88.2 Å². The molecule has 2 N–H and O–H groups in total. The Labute approximate surface area is 157 Å². The summed E-state index contributed by atoms with van der Waals surface area (Å²) in [5.41, 5.74) is -0.930. The number of fused-ring (bicyclic) bond motifs is 3. The SMILES string of the molecule is CC1(C(=O)Nc2cccc3cccnc23)C[C@@]2(C)C[C@@](C)(C1)C(=O)NC2=O. The number of imide groups is 1. The van der Waals surface area contributed by atoms with Gasteiger partial charge in [0.2, 0.25) is 17.7 Å². The summed E-state index contributed by atoms with van der Waals surface area (Å²) in [6.45, 7) is 5.54. The van der Waals surface area contributed by atoms with E-state index in [0.29, 0.717) is 24.9 Å². The molecule has 1 saturated carbocycles. The number of carbonyl (C=O) groups is 3. The second kappa shape index (κ2) is 5.62. The summed E-state index contributed by atoms with van der Waals surface area (Å²) in [7, 11) is 0. The van der Waals surface area contributed by atoms with Gasteiger partial charge < -0.3 is 5.32 Å². The highest BCUT2D eigenvalue weighted by molar-refractivity contribution is 6.06. The van der Waals surface area contributed by atoms with E-state index in [1.165, 1.54) is 0 Å². The summed E-state index contributed by atoms with van der Waals surface area (Å²) < 4.78 is 0. The number of amides is 3. The zero-order valence-electron chi connectivity index (χ0n) is 15.8. The van der Waals surface area contributed by atoms with Gasteiger partial charge in [0.05, 0.1) is 11.2 Å². The summed E-state index contributed by atoms with van der Waals surface area (Å²) in [6.07, 6.45) is 2.97. The van der Waals surface area contributed by atoms with E-state index in [0.717, 1.165) is 10.9 Å². The lowest BCUT2D eigenvalue weighted by atomic mass is 9.52. The largest absolute Gasteiger partial charge is 0.324 e. The molecule has 1 aromatic carbocycles. The van der Waals surface area contributed by atoms with Crippen molar-refractivity contribution in [2.75, 3.05) is 5.32 Å². The van der Waals surface area contributed by atoms with Crippen molar-refractivity contribution in [1.82, 2.24) is 10.3 Å². The first-order chi connectivity index (χ1) is 12.7. The van der Waals surface area contributed by atoms with Crippen molar-refractivity contribution >= 4 is 34.3 Å². The van der Waals surface area contributed by atoms with Crippen LogP contribution in [0.25, 0.3) is 10.9 Å². The van der Waals surface area contributed by atoms with Crippen LogP contribution in [-0.2, 0) is 14.4 Å². The van der Waals surface area contributed by atoms with Gasteiger partial charge in [-0.3, -0.25) is 24.7 Å². The monoisotopic (exact) mass is 365 g/mol. The molecule has 2 heterocycles. The molecule has 2 aromatic rings. The van der Waals surface area contributed by atoms with Crippen molar-refractivity contribution in [3.63, 3.8) is 0 Å². The number of rotatable bonds is 2. The molecule has 1 unspecified atom stereocenters. The van der Waals surface area contributed by atoms with Crippen LogP contribution in [0.4, 0.5) is 5.69 Å². The van der Waals surface area contributed by atoms with Crippen molar-refractivity contribution < 1.29 is 14.4 Å². The van der Waals surface area contributed by atoms with Crippen molar-refractivity contribution in [2.24, 2.45) is 16.2 Å². The van der Waals surface area contributed by atoms with Crippen LogP contribution in [0.5, 0.6) is 0 Å². The molecule has 1 aromatic heterocycles. The molecular formula is C21H23N3O3. The minimum Gasteiger partial charge on any atom is -0.324 e. The maximum absolute atomic E-state index is 13.3. The third kappa shape index (κ3) is 2.71. The normalized spacial score (nSPS) is 32.9. The smallest absolute Gasteiger partial charge is 0.232 e. The second-order valence-corrected chi connectivity index (χ2v) is 8.83. The molecule has 1 saturated heterocycles. The minimum atomic E-state index is -0.827. The zero-order valence-corrected chi connectivity index (χ0v) is 15.8. The zero-order chi connectivity index (χ0) is 19.4. The van der Waals surface area contributed by atoms with Crippen LogP contribution < -0.4 is 10.6 Å². The number of piperidine rings is 1. The molecule has 2 fully saturated rings. The first-order valence-electron chi connectivity index (χ1n) is 9.16. The maximum Gasteiger partial charge on any atom is 0.232 e. The lowest BCUT2D eigenvalue weighted by molar-refractivity contribution is -0.163. The van der Waals surface area contributed by atoms with Crippen LogP contribution >= 0.6 is 0 Å². The fraction of sp³-hybridized carbons (Fsp3) is 0.429. The molecule has 6 nitrogen and oxygen atoms in total. The number of nitrogens with one attached hydrogen (secondary N) is 2. The van der Waals surface area contributed by atoms with E-state index in [4.69, 9.17) is 0 Å². The van der Waals surface area contributed by atoms with Gasteiger partial charge in [-0.25, -0.2) is 0 Å². The Hall–Kier alpha value is -2.76. The van der Waals surface area contributed by atoms with Crippen LogP contribution in [0.2, 0.25) is 0 Å². The molecular weight excluding hydrogens is 342 g/mol. The summed E-state index contributed by atoms with van der Waals surface area (Å²) in [5, 5.41) is 6.44. The highest BCUT2D eigenvalue weighted by Gasteiger charge is 2.60. The molecule has 2 aliphatic rings. The third-order valence-electron chi connectivity index (χ3n) is 6.09. The fourth-order valence-electron chi connectivity index (χ4n) is 5.14. The van der Waals surface area contributed by atoms with Crippen molar-refractivity contribution in [3.8, 4) is 0 Å². The van der Waals surface area contributed by atoms with Gasteiger partial charge in [-0.1, -0.05) is 39.0 Å². The molecule has 1 aliphatic carbocycles. The van der Waals surface area contributed by atoms with Gasteiger partial charge in [-0.2, -0.15) is 0 Å². The maximum atomic E-state index is 13.3. The Bertz CT molecular complexity index is 952. The number of pyridine rings is 1. The standard InChI is InChI=1S/C21H23N3O3/c1-19(10-20(2)12-21(3,11-19)18(27)24-17(20)26)16(25)23-14-8-4-6-13-7-5-9-22-15(13)14/h4-9H,10-12H2,1-3H3,(H,23,25)(H,24,26,27)/t19?,20-,21+. The third-order valence-corrected chi connectivity index (χ3v) is 6.09. The molecule has 6 heteroatoms. The Morgan fingerprint density at radius 2 is 1.63 bits per heavy atom. The van der Waals surface area contributed by atoms with Crippen molar-refractivity contribution in [2.45, 2.75) is 40.0 Å². The minimum absolute atomic E-state index is 0.180.